The van der Waals surface area contributed by atoms with Gasteiger partial charge in [-0.15, -0.1) is 11.8 Å². The molecule has 2 rings (SSSR count). The Bertz CT molecular complexity index is 261. The summed E-state index contributed by atoms with van der Waals surface area (Å²) in [6, 6.07) is 0. The van der Waals surface area contributed by atoms with Gasteiger partial charge in [-0.2, -0.15) is 0 Å². The second kappa shape index (κ2) is 5.67. The second-order valence-corrected chi connectivity index (χ2v) is 4.35. The summed E-state index contributed by atoms with van der Waals surface area (Å²) in [5.74, 6) is 5.63. The van der Waals surface area contributed by atoms with Crippen LogP contribution in [0.4, 0.5) is 0 Å². The summed E-state index contributed by atoms with van der Waals surface area (Å²) in [5.41, 5.74) is 0. The summed E-state index contributed by atoms with van der Waals surface area (Å²) in [7, 11) is 0. The summed E-state index contributed by atoms with van der Waals surface area (Å²) < 4.78 is 17.1. The fraction of sp³-hybridized carbons (Fsp3) is 0.846. The fourth-order valence-corrected chi connectivity index (χ4v) is 2.39. The van der Waals surface area contributed by atoms with E-state index in [4.69, 9.17) is 14.2 Å². The van der Waals surface area contributed by atoms with Gasteiger partial charge in [-0.3, -0.25) is 0 Å². The molecule has 0 unspecified atom stereocenters. The number of hydrogen-bond donors (Lipinski definition) is 0. The van der Waals surface area contributed by atoms with Crippen LogP contribution >= 0.6 is 0 Å². The predicted octanol–water partition coefficient (Wildman–Crippen LogP) is 2.10. The number of rotatable bonds is 3. The van der Waals surface area contributed by atoms with Crippen molar-refractivity contribution >= 4 is 0 Å². The second-order valence-electron chi connectivity index (χ2n) is 4.35. The van der Waals surface area contributed by atoms with E-state index >= 15 is 0 Å². The molecule has 0 amide bonds. The molecule has 3 heteroatoms. The molecule has 1 saturated heterocycles. The Labute approximate surface area is 97.4 Å². The first kappa shape index (κ1) is 11.9. The first-order valence-electron chi connectivity index (χ1n) is 6.14. The molecular weight excluding hydrogens is 204 g/mol. The summed E-state index contributed by atoms with van der Waals surface area (Å²) in [6.07, 6.45) is 5.23. The van der Waals surface area contributed by atoms with Crippen LogP contribution in [-0.2, 0) is 14.2 Å². The summed E-state index contributed by atoms with van der Waals surface area (Å²) in [4.78, 5) is 0. The van der Waals surface area contributed by atoms with E-state index in [2.05, 4.69) is 11.8 Å². The van der Waals surface area contributed by atoms with Gasteiger partial charge in [0.15, 0.2) is 5.79 Å². The standard InChI is InChI=1S/C13H20O3/c1-2-3-4-9-14-12-5-7-13(8-6-12)15-10-11-16-13/h12H,4-11H2,1H3. The Hall–Kier alpha value is -0.560. The molecule has 90 valence electrons. The van der Waals surface area contributed by atoms with Crippen LogP contribution in [0.5, 0.6) is 0 Å². The smallest absolute Gasteiger partial charge is 0.168 e. The lowest BCUT2D eigenvalue weighted by atomic mass is 9.92. The van der Waals surface area contributed by atoms with Crippen LogP contribution in [0.15, 0.2) is 0 Å². The molecule has 0 aromatic carbocycles. The molecule has 1 aliphatic carbocycles. The van der Waals surface area contributed by atoms with Crippen molar-refractivity contribution in [2.24, 2.45) is 0 Å². The maximum Gasteiger partial charge on any atom is 0.168 e. The van der Waals surface area contributed by atoms with Crippen LogP contribution in [0.1, 0.15) is 39.0 Å². The van der Waals surface area contributed by atoms with Gasteiger partial charge in [0.2, 0.25) is 0 Å². The van der Waals surface area contributed by atoms with Crippen molar-refractivity contribution in [2.75, 3.05) is 19.8 Å². The van der Waals surface area contributed by atoms with E-state index in [1.165, 1.54) is 0 Å². The van der Waals surface area contributed by atoms with E-state index in [0.717, 1.165) is 51.9 Å². The molecule has 0 radical (unpaired) electrons. The molecule has 3 nitrogen and oxygen atoms in total. The molecule has 2 fully saturated rings. The third kappa shape index (κ3) is 2.98. The minimum atomic E-state index is -0.261. The minimum absolute atomic E-state index is 0.261. The zero-order valence-electron chi connectivity index (χ0n) is 9.96. The zero-order valence-corrected chi connectivity index (χ0v) is 9.96. The Morgan fingerprint density at radius 1 is 1.25 bits per heavy atom. The number of hydrogen-bond acceptors (Lipinski definition) is 3. The summed E-state index contributed by atoms with van der Waals surface area (Å²) >= 11 is 0. The molecule has 0 aromatic heterocycles. The minimum Gasteiger partial charge on any atom is -0.377 e. The Morgan fingerprint density at radius 2 is 1.94 bits per heavy atom. The summed E-state index contributed by atoms with van der Waals surface area (Å²) in [5, 5.41) is 0. The van der Waals surface area contributed by atoms with Crippen molar-refractivity contribution in [3.63, 3.8) is 0 Å². The highest BCUT2D eigenvalue weighted by molar-refractivity contribution is 4.94. The van der Waals surface area contributed by atoms with Gasteiger partial charge in [0.1, 0.15) is 0 Å². The van der Waals surface area contributed by atoms with Gasteiger partial charge in [0.05, 0.1) is 25.9 Å². The number of ether oxygens (including phenoxy) is 3. The monoisotopic (exact) mass is 224 g/mol. The van der Waals surface area contributed by atoms with Crippen LogP contribution in [0.25, 0.3) is 0 Å². The molecule has 2 aliphatic rings. The normalized spacial score (nSPS) is 24.3. The van der Waals surface area contributed by atoms with E-state index in [1.807, 2.05) is 6.92 Å². The van der Waals surface area contributed by atoms with Gasteiger partial charge in [0.25, 0.3) is 0 Å². The van der Waals surface area contributed by atoms with E-state index < -0.39 is 0 Å². The van der Waals surface area contributed by atoms with Gasteiger partial charge >= 0.3 is 0 Å². The van der Waals surface area contributed by atoms with Crippen LogP contribution in [0.2, 0.25) is 0 Å². The predicted molar refractivity (Wildman–Crippen MR) is 60.9 cm³/mol. The molecule has 0 N–H and O–H groups in total. The maximum atomic E-state index is 5.77. The van der Waals surface area contributed by atoms with Crippen molar-refractivity contribution in [1.82, 2.24) is 0 Å². The molecule has 0 aromatic rings. The molecule has 1 heterocycles. The molecule has 0 atom stereocenters. The summed E-state index contributed by atoms with van der Waals surface area (Å²) in [6.45, 7) is 4.11. The SMILES string of the molecule is CC#CCCOC1CCC2(CC1)OCCO2. The van der Waals surface area contributed by atoms with E-state index in [1.54, 1.807) is 0 Å². The van der Waals surface area contributed by atoms with Crippen LogP contribution in [0.3, 0.4) is 0 Å². The van der Waals surface area contributed by atoms with Crippen molar-refractivity contribution in [3.05, 3.63) is 0 Å². The van der Waals surface area contributed by atoms with Crippen LogP contribution < -0.4 is 0 Å². The topological polar surface area (TPSA) is 27.7 Å². The van der Waals surface area contributed by atoms with Crippen molar-refractivity contribution < 1.29 is 14.2 Å². The first-order valence-corrected chi connectivity index (χ1v) is 6.14. The highest BCUT2D eigenvalue weighted by atomic mass is 16.7. The molecule has 1 spiro atoms. The first-order chi connectivity index (χ1) is 7.85. The molecule has 16 heavy (non-hydrogen) atoms. The fourth-order valence-electron chi connectivity index (χ4n) is 2.39. The van der Waals surface area contributed by atoms with Crippen LogP contribution in [-0.4, -0.2) is 31.7 Å². The Balaban J connectivity index is 1.66. The lowest BCUT2D eigenvalue weighted by molar-refractivity contribution is -0.191. The average Bonchev–Trinajstić information content (AvgIpc) is 2.76. The van der Waals surface area contributed by atoms with E-state index in [-0.39, 0.29) is 5.79 Å². The van der Waals surface area contributed by atoms with Crippen molar-refractivity contribution in [2.45, 2.75) is 50.9 Å². The molecule has 1 aliphatic heterocycles. The lowest BCUT2D eigenvalue weighted by Gasteiger charge is -2.35. The molecule has 1 saturated carbocycles. The molecule has 0 bridgehead atoms. The van der Waals surface area contributed by atoms with Gasteiger partial charge in [-0.1, -0.05) is 0 Å². The van der Waals surface area contributed by atoms with Gasteiger partial charge < -0.3 is 14.2 Å². The van der Waals surface area contributed by atoms with E-state index in [0.29, 0.717) is 6.10 Å². The Kier molecular flexibility index (Phi) is 4.22. The van der Waals surface area contributed by atoms with Crippen LogP contribution in [0, 0.1) is 11.8 Å². The third-order valence-electron chi connectivity index (χ3n) is 3.27. The van der Waals surface area contributed by atoms with E-state index in [9.17, 15) is 0 Å². The van der Waals surface area contributed by atoms with Gasteiger partial charge in [-0.25, -0.2) is 0 Å². The quantitative estimate of drug-likeness (QED) is 0.543. The van der Waals surface area contributed by atoms with Gasteiger partial charge in [-0.05, 0) is 19.8 Å². The average molecular weight is 224 g/mol. The van der Waals surface area contributed by atoms with Crippen molar-refractivity contribution in [1.29, 1.82) is 0 Å². The third-order valence-corrected chi connectivity index (χ3v) is 3.27. The lowest BCUT2D eigenvalue weighted by Crippen LogP contribution is -2.37. The highest BCUT2D eigenvalue weighted by Gasteiger charge is 2.40. The van der Waals surface area contributed by atoms with Gasteiger partial charge in [0, 0.05) is 19.3 Å². The van der Waals surface area contributed by atoms with Crippen molar-refractivity contribution in [3.8, 4) is 11.8 Å². The molecular formula is C13H20O3. The largest absolute Gasteiger partial charge is 0.377 e. The zero-order chi connectivity index (χ0) is 11.3. The maximum absolute atomic E-state index is 5.77. The Morgan fingerprint density at radius 3 is 2.56 bits per heavy atom. The highest BCUT2D eigenvalue weighted by Crippen LogP contribution is 2.36.